The van der Waals surface area contributed by atoms with Gasteiger partial charge in [-0.3, -0.25) is 0 Å². The van der Waals surface area contributed by atoms with Gasteiger partial charge in [-0.15, -0.1) is 0 Å². The van der Waals surface area contributed by atoms with Gasteiger partial charge < -0.3 is 15.2 Å². The number of hydrogen-bond acceptors (Lipinski definition) is 3. The Morgan fingerprint density at radius 3 is 2.53 bits per heavy atom. The van der Waals surface area contributed by atoms with E-state index >= 15 is 0 Å². The lowest BCUT2D eigenvalue weighted by molar-refractivity contribution is 0.0551. The van der Waals surface area contributed by atoms with Crippen LogP contribution in [0.1, 0.15) is 52.1 Å². The lowest BCUT2D eigenvalue weighted by Crippen LogP contribution is -2.23. The Bertz CT molecular complexity index is 371. The van der Waals surface area contributed by atoms with E-state index in [-0.39, 0.29) is 0 Å². The first-order valence-electron chi connectivity index (χ1n) is 7.15. The fourth-order valence-corrected chi connectivity index (χ4v) is 2.03. The first-order chi connectivity index (χ1) is 8.98. The van der Waals surface area contributed by atoms with Crippen LogP contribution in [0.4, 0.5) is 0 Å². The SMILES string of the molecule is CCNC(CC)c1ccccc1OCCC(C)(C)O. The molecular formula is C16H27NO2. The van der Waals surface area contributed by atoms with Crippen LogP contribution >= 0.6 is 0 Å². The Balaban J connectivity index is 2.72. The molecule has 0 heterocycles. The molecule has 0 spiro atoms. The van der Waals surface area contributed by atoms with Gasteiger partial charge in [0.05, 0.1) is 12.2 Å². The molecule has 2 N–H and O–H groups in total. The lowest BCUT2D eigenvalue weighted by atomic mass is 10.0. The molecule has 0 aromatic heterocycles. The van der Waals surface area contributed by atoms with Crippen LogP contribution in [0, 0.1) is 0 Å². The summed E-state index contributed by atoms with van der Waals surface area (Å²) >= 11 is 0. The summed E-state index contributed by atoms with van der Waals surface area (Å²) in [5, 5.41) is 13.2. The topological polar surface area (TPSA) is 41.5 Å². The molecule has 1 unspecified atom stereocenters. The molecule has 0 aliphatic rings. The molecule has 0 saturated heterocycles. The van der Waals surface area contributed by atoms with Crippen LogP contribution in [-0.4, -0.2) is 23.9 Å². The molecule has 1 rings (SSSR count). The minimum absolute atomic E-state index is 0.323. The zero-order valence-corrected chi connectivity index (χ0v) is 12.6. The molecule has 1 aromatic carbocycles. The zero-order valence-electron chi connectivity index (χ0n) is 12.6. The van der Waals surface area contributed by atoms with Crippen molar-refractivity contribution in [2.75, 3.05) is 13.2 Å². The number of ether oxygens (including phenoxy) is 1. The Hall–Kier alpha value is -1.06. The second-order valence-corrected chi connectivity index (χ2v) is 5.47. The number of rotatable bonds is 8. The average molecular weight is 265 g/mol. The summed E-state index contributed by atoms with van der Waals surface area (Å²) in [7, 11) is 0. The summed E-state index contributed by atoms with van der Waals surface area (Å²) in [4.78, 5) is 0. The highest BCUT2D eigenvalue weighted by Gasteiger charge is 2.15. The van der Waals surface area contributed by atoms with E-state index < -0.39 is 5.60 Å². The van der Waals surface area contributed by atoms with E-state index in [1.165, 1.54) is 5.56 Å². The highest BCUT2D eigenvalue weighted by molar-refractivity contribution is 5.35. The van der Waals surface area contributed by atoms with E-state index in [1.807, 2.05) is 18.2 Å². The summed E-state index contributed by atoms with van der Waals surface area (Å²) in [6.45, 7) is 9.35. The number of nitrogens with one attached hydrogen (secondary N) is 1. The van der Waals surface area contributed by atoms with Gasteiger partial charge in [0, 0.05) is 18.0 Å². The van der Waals surface area contributed by atoms with E-state index in [2.05, 4.69) is 25.2 Å². The van der Waals surface area contributed by atoms with Crippen molar-refractivity contribution in [2.45, 2.75) is 52.2 Å². The quantitative estimate of drug-likeness (QED) is 0.758. The molecule has 108 valence electrons. The smallest absolute Gasteiger partial charge is 0.124 e. The first-order valence-corrected chi connectivity index (χ1v) is 7.15. The standard InChI is InChI=1S/C16H27NO2/c1-5-14(17-6-2)13-9-7-8-10-15(13)19-12-11-16(3,4)18/h7-10,14,17-18H,5-6,11-12H2,1-4H3. The third-order valence-corrected chi connectivity index (χ3v) is 3.12. The van der Waals surface area contributed by atoms with E-state index in [0.29, 0.717) is 19.1 Å². The maximum absolute atomic E-state index is 9.71. The van der Waals surface area contributed by atoms with Gasteiger partial charge in [-0.05, 0) is 32.9 Å². The van der Waals surface area contributed by atoms with Crippen LogP contribution in [0.3, 0.4) is 0 Å². The minimum Gasteiger partial charge on any atom is -0.493 e. The maximum Gasteiger partial charge on any atom is 0.124 e. The summed E-state index contributed by atoms with van der Waals surface area (Å²) in [6.07, 6.45) is 1.65. The summed E-state index contributed by atoms with van der Waals surface area (Å²) in [6, 6.07) is 8.46. The van der Waals surface area contributed by atoms with E-state index in [4.69, 9.17) is 4.74 Å². The van der Waals surface area contributed by atoms with Gasteiger partial charge in [-0.1, -0.05) is 32.0 Å². The number of aliphatic hydroxyl groups is 1. The van der Waals surface area contributed by atoms with Crippen molar-refractivity contribution in [1.82, 2.24) is 5.32 Å². The van der Waals surface area contributed by atoms with Gasteiger partial charge >= 0.3 is 0 Å². The largest absolute Gasteiger partial charge is 0.493 e. The normalized spacial score (nSPS) is 13.3. The Kier molecular flexibility index (Phi) is 6.32. The van der Waals surface area contributed by atoms with Crippen LogP contribution in [0.5, 0.6) is 5.75 Å². The van der Waals surface area contributed by atoms with Crippen LogP contribution in [0.2, 0.25) is 0 Å². The Morgan fingerprint density at radius 1 is 1.26 bits per heavy atom. The molecule has 0 saturated carbocycles. The molecule has 3 heteroatoms. The van der Waals surface area contributed by atoms with Crippen molar-refractivity contribution in [2.24, 2.45) is 0 Å². The lowest BCUT2D eigenvalue weighted by Gasteiger charge is -2.21. The van der Waals surface area contributed by atoms with Crippen molar-refractivity contribution in [3.05, 3.63) is 29.8 Å². The average Bonchev–Trinajstić information content (AvgIpc) is 2.35. The Labute approximate surface area is 117 Å². The fourth-order valence-electron chi connectivity index (χ4n) is 2.03. The molecule has 0 amide bonds. The van der Waals surface area contributed by atoms with Crippen molar-refractivity contribution >= 4 is 0 Å². The van der Waals surface area contributed by atoms with Gasteiger partial charge in [0.15, 0.2) is 0 Å². The highest BCUT2D eigenvalue weighted by atomic mass is 16.5. The van der Waals surface area contributed by atoms with Gasteiger partial charge in [-0.25, -0.2) is 0 Å². The number of benzene rings is 1. The highest BCUT2D eigenvalue weighted by Crippen LogP contribution is 2.27. The third kappa shape index (κ3) is 5.62. The van der Waals surface area contributed by atoms with Gasteiger partial charge in [0.25, 0.3) is 0 Å². The third-order valence-electron chi connectivity index (χ3n) is 3.12. The molecule has 0 bridgehead atoms. The molecule has 3 nitrogen and oxygen atoms in total. The summed E-state index contributed by atoms with van der Waals surface area (Å²) < 4.78 is 5.84. The molecule has 1 aromatic rings. The van der Waals surface area contributed by atoms with Crippen molar-refractivity contribution < 1.29 is 9.84 Å². The zero-order chi connectivity index (χ0) is 14.3. The maximum atomic E-state index is 9.71. The molecule has 1 atom stereocenters. The van der Waals surface area contributed by atoms with Gasteiger partial charge in [0.1, 0.15) is 5.75 Å². The molecule has 19 heavy (non-hydrogen) atoms. The predicted molar refractivity (Wildman–Crippen MR) is 79.6 cm³/mol. The fraction of sp³-hybridized carbons (Fsp3) is 0.625. The molecule has 0 aliphatic carbocycles. The van der Waals surface area contributed by atoms with E-state index in [0.717, 1.165) is 18.7 Å². The number of para-hydroxylation sites is 1. The summed E-state index contributed by atoms with van der Waals surface area (Å²) in [5.41, 5.74) is 0.517. The minimum atomic E-state index is -0.680. The second kappa shape index (κ2) is 7.51. The molecule has 0 fully saturated rings. The van der Waals surface area contributed by atoms with Gasteiger partial charge in [0.2, 0.25) is 0 Å². The van der Waals surface area contributed by atoms with Crippen LogP contribution in [0.15, 0.2) is 24.3 Å². The van der Waals surface area contributed by atoms with Gasteiger partial charge in [-0.2, -0.15) is 0 Å². The second-order valence-electron chi connectivity index (χ2n) is 5.47. The van der Waals surface area contributed by atoms with Crippen LogP contribution < -0.4 is 10.1 Å². The Morgan fingerprint density at radius 2 is 1.95 bits per heavy atom. The number of hydrogen-bond donors (Lipinski definition) is 2. The van der Waals surface area contributed by atoms with E-state index in [9.17, 15) is 5.11 Å². The van der Waals surface area contributed by atoms with Crippen molar-refractivity contribution in [3.63, 3.8) is 0 Å². The monoisotopic (exact) mass is 265 g/mol. The van der Waals surface area contributed by atoms with Crippen molar-refractivity contribution in [1.29, 1.82) is 0 Å². The van der Waals surface area contributed by atoms with E-state index in [1.54, 1.807) is 13.8 Å². The van der Waals surface area contributed by atoms with Crippen molar-refractivity contribution in [3.8, 4) is 5.75 Å². The molecule has 0 aliphatic heterocycles. The first kappa shape index (κ1) is 16.0. The summed E-state index contributed by atoms with van der Waals surface area (Å²) in [5.74, 6) is 0.916. The predicted octanol–water partition coefficient (Wildman–Crippen LogP) is 3.29. The van der Waals surface area contributed by atoms with Crippen LogP contribution in [-0.2, 0) is 0 Å². The molecule has 0 radical (unpaired) electrons. The molecular weight excluding hydrogens is 238 g/mol. The van der Waals surface area contributed by atoms with Crippen LogP contribution in [0.25, 0.3) is 0 Å².